The molecule has 0 bridgehead atoms. The van der Waals surface area contributed by atoms with Crippen molar-refractivity contribution in [3.63, 3.8) is 0 Å². The lowest BCUT2D eigenvalue weighted by atomic mass is 10.1. The highest BCUT2D eigenvalue weighted by Crippen LogP contribution is 2.16. The predicted molar refractivity (Wildman–Crippen MR) is 93.9 cm³/mol. The molecule has 0 aliphatic rings. The van der Waals surface area contributed by atoms with Gasteiger partial charge in [-0.15, -0.1) is 0 Å². The highest BCUT2D eigenvalue weighted by atomic mass is 16.2. The van der Waals surface area contributed by atoms with Crippen molar-refractivity contribution in [2.24, 2.45) is 0 Å². The van der Waals surface area contributed by atoms with E-state index in [2.05, 4.69) is 20.4 Å². The summed E-state index contributed by atoms with van der Waals surface area (Å²) >= 11 is 0. The van der Waals surface area contributed by atoms with Gasteiger partial charge >= 0.3 is 0 Å². The van der Waals surface area contributed by atoms with Gasteiger partial charge in [0.2, 0.25) is 0 Å². The molecule has 7 heteroatoms. The van der Waals surface area contributed by atoms with Gasteiger partial charge in [-0.25, -0.2) is 15.0 Å². The number of hydrogen-bond donors (Lipinski definition) is 2. The molecule has 3 rings (SSSR count). The van der Waals surface area contributed by atoms with E-state index in [0.29, 0.717) is 35.1 Å². The summed E-state index contributed by atoms with van der Waals surface area (Å²) in [5.74, 6) is -0.624. The molecule has 0 saturated carbocycles. The molecule has 3 aromatic rings. The van der Waals surface area contributed by atoms with Gasteiger partial charge in [0.25, 0.3) is 11.8 Å². The molecule has 128 valence electrons. The monoisotopic (exact) mass is 337 g/mol. The van der Waals surface area contributed by atoms with Crippen LogP contribution in [0, 0.1) is 6.92 Å². The Labute approximate surface area is 145 Å². The number of aromatic amines is 1. The summed E-state index contributed by atoms with van der Waals surface area (Å²) in [5, 5.41) is 1.95. The van der Waals surface area contributed by atoms with Gasteiger partial charge in [0.15, 0.2) is 0 Å². The largest absolute Gasteiger partial charge is 0.345 e. The lowest BCUT2D eigenvalue weighted by Crippen LogP contribution is -2.46. The Morgan fingerprint density at radius 1 is 1.24 bits per heavy atom. The molecule has 0 radical (unpaired) electrons. The van der Waals surface area contributed by atoms with Crippen LogP contribution in [0.3, 0.4) is 0 Å². The molecule has 0 spiro atoms. The fourth-order valence-corrected chi connectivity index (χ4v) is 2.51. The number of hydrogen-bond acceptors (Lipinski definition) is 4. The first kappa shape index (κ1) is 16.6. The van der Waals surface area contributed by atoms with E-state index in [9.17, 15) is 9.59 Å². The van der Waals surface area contributed by atoms with Crippen molar-refractivity contribution in [1.29, 1.82) is 0 Å². The number of benzene rings is 1. The van der Waals surface area contributed by atoms with E-state index in [1.807, 2.05) is 26.0 Å². The third-order valence-electron chi connectivity index (χ3n) is 3.83. The molecular formula is C18H19N5O2. The number of fused-ring (bicyclic) bond motifs is 1. The maximum atomic E-state index is 12.9. The molecule has 0 saturated heterocycles. The van der Waals surface area contributed by atoms with E-state index in [4.69, 9.17) is 0 Å². The Hall–Kier alpha value is -3.22. The topological polar surface area (TPSA) is 91.0 Å². The Morgan fingerprint density at radius 2 is 2.00 bits per heavy atom. The molecule has 2 aromatic heterocycles. The first-order chi connectivity index (χ1) is 12.1. The number of hydrazine groups is 1. The molecule has 0 aliphatic heterocycles. The lowest BCUT2D eigenvalue weighted by Gasteiger charge is -2.22. The molecule has 2 N–H and O–H groups in total. The zero-order chi connectivity index (χ0) is 17.8. The average Bonchev–Trinajstić information content (AvgIpc) is 3.05. The second-order valence-corrected chi connectivity index (χ2v) is 5.75. The fourth-order valence-electron chi connectivity index (χ4n) is 2.51. The summed E-state index contributed by atoms with van der Waals surface area (Å²) in [6.45, 7) is 4.29. The maximum absolute atomic E-state index is 12.9. The van der Waals surface area contributed by atoms with Gasteiger partial charge in [-0.1, -0.05) is 24.6 Å². The Morgan fingerprint density at radius 3 is 2.72 bits per heavy atom. The van der Waals surface area contributed by atoms with Crippen molar-refractivity contribution < 1.29 is 9.59 Å². The zero-order valence-electron chi connectivity index (χ0n) is 14.1. The van der Waals surface area contributed by atoms with E-state index >= 15 is 0 Å². The van der Waals surface area contributed by atoms with Crippen LogP contribution in [0.15, 0.2) is 43.0 Å². The third-order valence-corrected chi connectivity index (χ3v) is 3.83. The summed E-state index contributed by atoms with van der Waals surface area (Å²) in [4.78, 5) is 36.3. The molecule has 2 heterocycles. The van der Waals surface area contributed by atoms with Gasteiger partial charge in [-0.05, 0) is 25.5 Å². The molecular weight excluding hydrogens is 318 g/mol. The van der Waals surface area contributed by atoms with Crippen LogP contribution in [-0.4, -0.2) is 38.3 Å². The van der Waals surface area contributed by atoms with Crippen LogP contribution >= 0.6 is 0 Å². The van der Waals surface area contributed by atoms with Gasteiger partial charge < -0.3 is 4.98 Å². The number of nitrogens with one attached hydrogen (secondary N) is 2. The van der Waals surface area contributed by atoms with E-state index in [1.165, 1.54) is 11.3 Å². The summed E-state index contributed by atoms with van der Waals surface area (Å²) in [5.41, 5.74) is 5.27. The molecule has 7 nitrogen and oxygen atoms in total. The number of nitrogens with zero attached hydrogens (tertiary/aromatic N) is 3. The van der Waals surface area contributed by atoms with Crippen molar-refractivity contribution in [3.8, 4) is 0 Å². The smallest absolute Gasteiger partial charge is 0.274 e. The predicted octanol–water partition coefficient (Wildman–Crippen LogP) is 2.46. The minimum atomic E-state index is -0.321. The Balaban J connectivity index is 1.84. The Bertz CT molecular complexity index is 901. The van der Waals surface area contributed by atoms with E-state index in [-0.39, 0.29) is 11.8 Å². The van der Waals surface area contributed by atoms with Crippen molar-refractivity contribution in [2.45, 2.75) is 20.3 Å². The summed E-state index contributed by atoms with van der Waals surface area (Å²) < 4.78 is 0. The van der Waals surface area contributed by atoms with Gasteiger partial charge in [-0.2, -0.15) is 0 Å². The number of carbonyl (C=O) groups excluding carboxylic acids is 2. The quantitative estimate of drug-likeness (QED) is 0.716. The minimum Gasteiger partial charge on any atom is -0.345 e. The zero-order valence-corrected chi connectivity index (χ0v) is 14.1. The Kier molecular flexibility index (Phi) is 4.74. The number of carbonyl (C=O) groups is 2. The van der Waals surface area contributed by atoms with E-state index < -0.39 is 0 Å². The summed E-state index contributed by atoms with van der Waals surface area (Å²) in [7, 11) is 0. The van der Waals surface area contributed by atoms with Crippen LogP contribution in [0.4, 0.5) is 0 Å². The number of amides is 2. The van der Waals surface area contributed by atoms with Crippen molar-refractivity contribution in [1.82, 2.24) is 25.4 Å². The van der Waals surface area contributed by atoms with Gasteiger partial charge in [0, 0.05) is 29.9 Å². The second-order valence-electron chi connectivity index (χ2n) is 5.75. The standard InChI is InChI=1S/C18H19N5O2/c1-3-8-23(22-17(24)13-6-4-12(2)5-7-13)18(25)15-10-20-16-14(15)9-19-11-21-16/h4-7,9-11H,3,8H2,1-2H3,(H,22,24)(H,19,20,21). The highest BCUT2D eigenvalue weighted by Gasteiger charge is 2.21. The number of H-pyrrole nitrogens is 1. The first-order valence-corrected chi connectivity index (χ1v) is 8.06. The second kappa shape index (κ2) is 7.12. The van der Waals surface area contributed by atoms with Crippen LogP contribution in [0.1, 0.15) is 39.6 Å². The molecule has 1 aromatic carbocycles. The van der Waals surface area contributed by atoms with E-state index in [0.717, 1.165) is 5.56 Å². The number of aromatic nitrogens is 3. The third kappa shape index (κ3) is 3.50. The average molecular weight is 337 g/mol. The molecule has 0 atom stereocenters. The normalized spacial score (nSPS) is 10.6. The molecule has 25 heavy (non-hydrogen) atoms. The molecule has 0 fully saturated rings. The van der Waals surface area contributed by atoms with Crippen molar-refractivity contribution in [3.05, 3.63) is 59.7 Å². The van der Waals surface area contributed by atoms with Crippen LogP contribution < -0.4 is 5.43 Å². The highest BCUT2D eigenvalue weighted by molar-refractivity contribution is 6.06. The van der Waals surface area contributed by atoms with Crippen molar-refractivity contribution >= 4 is 22.8 Å². The number of aryl methyl sites for hydroxylation is 1. The van der Waals surface area contributed by atoms with Crippen LogP contribution in [0.5, 0.6) is 0 Å². The molecule has 0 aliphatic carbocycles. The summed E-state index contributed by atoms with van der Waals surface area (Å²) in [6.07, 6.45) is 5.29. The summed E-state index contributed by atoms with van der Waals surface area (Å²) in [6, 6.07) is 7.19. The molecule has 2 amide bonds. The van der Waals surface area contributed by atoms with Crippen LogP contribution in [-0.2, 0) is 0 Å². The van der Waals surface area contributed by atoms with Crippen molar-refractivity contribution in [2.75, 3.05) is 6.54 Å². The van der Waals surface area contributed by atoms with Gasteiger partial charge in [0.05, 0.1) is 5.56 Å². The van der Waals surface area contributed by atoms with Gasteiger partial charge in [-0.3, -0.25) is 15.0 Å². The van der Waals surface area contributed by atoms with Gasteiger partial charge in [0.1, 0.15) is 12.0 Å². The number of rotatable bonds is 4. The fraction of sp³-hybridized carbons (Fsp3) is 0.222. The lowest BCUT2D eigenvalue weighted by molar-refractivity contribution is 0.0584. The molecule has 0 unspecified atom stereocenters. The van der Waals surface area contributed by atoms with Crippen LogP contribution in [0.2, 0.25) is 0 Å². The van der Waals surface area contributed by atoms with Crippen LogP contribution in [0.25, 0.3) is 11.0 Å². The maximum Gasteiger partial charge on any atom is 0.274 e. The van der Waals surface area contributed by atoms with E-state index in [1.54, 1.807) is 24.5 Å². The minimum absolute atomic E-state index is 0.302. The first-order valence-electron chi connectivity index (χ1n) is 8.06. The SMILES string of the molecule is CCCN(NC(=O)c1ccc(C)cc1)C(=O)c1c[nH]c2ncncc12.